The SMILES string of the molecule is C[C@@H](N)c1ccc(Br)cc1OCCC(F)(F)F. The first-order chi connectivity index (χ1) is 7.79. The zero-order valence-electron chi connectivity index (χ0n) is 9.22. The maximum absolute atomic E-state index is 12.0. The van der Waals surface area contributed by atoms with E-state index >= 15 is 0 Å². The van der Waals surface area contributed by atoms with Crippen molar-refractivity contribution in [3.63, 3.8) is 0 Å². The Kier molecular flexibility index (Phi) is 4.82. The number of ether oxygens (including phenoxy) is 1. The zero-order valence-corrected chi connectivity index (χ0v) is 10.8. The summed E-state index contributed by atoms with van der Waals surface area (Å²) in [6.07, 6.45) is -5.18. The number of hydrogen-bond acceptors (Lipinski definition) is 2. The molecule has 0 aromatic heterocycles. The summed E-state index contributed by atoms with van der Waals surface area (Å²) in [5.74, 6) is 0.388. The van der Waals surface area contributed by atoms with Crippen molar-refractivity contribution >= 4 is 15.9 Å². The predicted molar refractivity (Wildman–Crippen MR) is 62.9 cm³/mol. The maximum atomic E-state index is 12.0. The first kappa shape index (κ1) is 14.3. The molecule has 17 heavy (non-hydrogen) atoms. The summed E-state index contributed by atoms with van der Waals surface area (Å²) in [5.41, 5.74) is 6.39. The molecule has 0 saturated heterocycles. The van der Waals surface area contributed by atoms with Gasteiger partial charge < -0.3 is 10.5 Å². The molecule has 0 radical (unpaired) electrons. The third-order valence-corrected chi connectivity index (χ3v) is 2.60. The summed E-state index contributed by atoms with van der Waals surface area (Å²) in [4.78, 5) is 0. The lowest BCUT2D eigenvalue weighted by molar-refractivity contribution is -0.139. The van der Waals surface area contributed by atoms with Gasteiger partial charge >= 0.3 is 6.18 Å². The minimum atomic E-state index is -4.21. The van der Waals surface area contributed by atoms with E-state index in [9.17, 15) is 13.2 Å². The molecule has 1 aromatic rings. The molecule has 96 valence electrons. The predicted octanol–water partition coefficient (Wildman–Crippen LogP) is 3.80. The second-order valence-electron chi connectivity index (χ2n) is 3.68. The molecule has 0 unspecified atom stereocenters. The van der Waals surface area contributed by atoms with E-state index in [4.69, 9.17) is 10.5 Å². The van der Waals surface area contributed by atoms with Gasteiger partial charge in [0.05, 0.1) is 13.0 Å². The Morgan fingerprint density at radius 1 is 1.41 bits per heavy atom. The summed E-state index contributed by atoms with van der Waals surface area (Å²) in [7, 11) is 0. The Labute approximate surface area is 106 Å². The van der Waals surface area contributed by atoms with Crippen LogP contribution in [0.5, 0.6) is 5.75 Å². The molecule has 2 N–H and O–H groups in total. The van der Waals surface area contributed by atoms with Crippen molar-refractivity contribution in [2.75, 3.05) is 6.61 Å². The molecule has 1 rings (SSSR count). The average Bonchev–Trinajstić information content (AvgIpc) is 2.15. The summed E-state index contributed by atoms with van der Waals surface area (Å²) >= 11 is 3.23. The molecule has 1 aromatic carbocycles. The topological polar surface area (TPSA) is 35.2 Å². The normalized spacial score (nSPS) is 13.5. The van der Waals surface area contributed by atoms with E-state index in [1.165, 1.54) is 0 Å². The molecule has 1 atom stereocenters. The molecule has 0 heterocycles. The van der Waals surface area contributed by atoms with Crippen molar-refractivity contribution < 1.29 is 17.9 Å². The number of nitrogens with two attached hydrogens (primary N) is 1. The van der Waals surface area contributed by atoms with Gasteiger partial charge in [0.2, 0.25) is 0 Å². The number of halogens is 4. The maximum Gasteiger partial charge on any atom is 0.392 e. The summed E-state index contributed by atoms with van der Waals surface area (Å²) in [6.45, 7) is 1.35. The number of rotatable bonds is 4. The minimum Gasteiger partial charge on any atom is -0.493 e. The standard InChI is InChI=1S/C11H13BrF3NO/c1-7(16)9-3-2-8(12)6-10(9)17-5-4-11(13,14)15/h2-3,6-7H,4-5,16H2,1H3/t7-/m1/s1. The van der Waals surface area contributed by atoms with Gasteiger partial charge in [-0.25, -0.2) is 0 Å². The van der Waals surface area contributed by atoms with Crippen LogP contribution in [-0.4, -0.2) is 12.8 Å². The van der Waals surface area contributed by atoms with Gasteiger partial charge in [-0.15, -0.1) is 0 Å². The lowest BCUT2D eigenvalue weighted by atomic mass is 10.1. The fourth-order valence-electron chi connectivity index (χ4n) is 1.29. The Morgan fingerprint density at radius 3 is 2.59 bits per heavy atom. The van der Waals surface area contributed by atoms with Crippen LogP contribution in [0.25, 0.3) is 0 Å². The van der Waals surface area contributed by atoms with Gasteiger partial charge in [-0.1, -0.05) is 22.0 Å². The first-order valence-corrected chi connectivity index (χ1v) is 5.83. The van der Waals surface area contributed by atoms with Crippen LogP contribution in [0.1, 0.15) is 24.9 Å². The van der Waals surface area contributed by atoms with E-state index in [-0.39, 0.29) is 6.04 Å². The van der Waals surface area contributed by atoms with E-state index in [0.29, 0.717) is 11.3 Å². The highest BCUT2D eigenvalue weighted by molar-refractivity contribution is 9.10. The molecular weight excluding hydrogens is 299 g/mol. The molecule has 0 saturated carbocycles. The van der Waals surface area contributed by atoms with Gasteiger partial charge in [0.15, 0.2) is 0 Å². The third kappa shape index (κ3) is 4.95. The lowest BCUT2D eigenvalue weighted by Gasteiger charge is -2.15. The molecule has 0 bridgehead atoms. The molecule has 0 spiro atoms. The van der Waals surface area contributed by atoms with Gasteiger partial charge in [0.25, 0.3) is 0 Å². The van der Waals surface area contributed by atoms with E-state index in [1.807, 2.05) is 0 Å². The van der Waals surface area contributed by atoms with Crippen LogP contribution in [0.2, 0.25) is 0 Å². The van der Waals surface area contributed by atoms with Gasteiger partial charge in [-0.05, 0) is 19.1 Å². The average molecular weight is 312 g/mol. The summed E-state index contributed by atoms with van der Waals surface area (Å²) in [6, 6.07) is 4.84. The zero-order chi connectivity index (χ0) is 13.1. The highest BCUT2D eigenvalue weighted by Crippen LogP contribution is 2.28. The van der Waals surface area contributed by atoms with Gasteiger partial charge in [-0.3, -0.25) is 0 Å². The van der Waals surface area contributed by atoms with Gasteiger partial charge in [0, 0.05) is 16.1 Å². The van der Waals surface area contributed by atoms with Crippen molar-refractivity contribution in [1.29, 1.82) is 0 Å². The highest BCUT2D eigenvalue weighted by Gasteiger charge is 2.27. The van der Waals surface area contributed by atoms with Crippen molar-refractivity contribution in [2.45, 2.75) is 25.6 Å². The van der Waals surface area contributed by atoms with Crippen LogP contribution >= 0.6 is 15.9 Å². The molecule has 0 aliphatic heterocycles. The van der Waals surface area contributed by atoms with Gasteiger partial charge in [0.1, 0.15) is 5.75 Å². The molecule has 6 heteroatoms. The monoisotopic (exact) mass is 311 g/mol. The van der Waals surface area contributed by atoms with Crippen LogP contribution < -0.4 is 10.5 Å². The van der Waals surface area contributed by atoms with Crippen molar-refractivity contribution in [3.8, 4) is 5.75 Å². The quantitative estimate of drug-likeness (QED) is 0.918. The van der Waals surface area contributed by atoms with E-state index in [0.717, 1.165) is 4.47 Å². The Bertz CT molecular complexity index is 379. The fraction of sp³-hybridized carbons (Fsp3) is 0.455. The Morgan fingerprint density at radius 2 is 2.06 bits per heavy atom. The second kappa shape index (κ2) is 5.73. The first-order valence-electron chi connectivity index (χ1n) is 5.04. The van der Waals surface area contributed by atoms with Crippen LogP contribution in [0, 0.1) is 0 Å². The smallest absolute Gasteiger partial charge is 0.392 e. The third-order valence-electron chi connectivity index (χ3n) is 2.11. The van der Waals surface area contributed by atoms with E-state index < -0.39 is 19.2 Å². The highest BCUT2D eigenvalue weighted by atomic mass is 79.9. The van der Waals surface area contributed by atoms with Crippen LogP contribution in [-0.2, 0) is 0 Å². The fourth-order valence-corrected chi connectivity index (χ4v) is 1.63. The largest absolute Gasteiger partial charge is 0.493 e. The van der Waals surface area contributed by atoms with E-state index in [2.05, 4.69) is 15.9 Å². The molecule has 0 aliphatic carbocycles. The number of alkyl halides is 3. The second-order valence-corrected chi connectivity index (χ2v) is 4.60. The molecular formula is C11H13BrF3NO. The van der Waals surface area contributed by atoms with Gasteiger partial charge in [-0.2, -0.15) is 13.2 Å². The lowest BCUT2D eigenvalue weighted by Crippen LogP contribution is -2.14. The number of hydrogen-bond donors (Lipinski definition) is 1. The van der Waals surface area contributed by atoms with Crippen molar-refractivity contribution in [2.24, 2.45) is 5.73 Å². The van der Waals surface area contributed by atoms with Crippen LogP contribution in [0.3, 0.4) is 0 Å². The molecule has 2 nitrogen and oxygen atoms in total. The molecule has 0 fully saturated rings. The summed E-state index contributed by atoms with van der Waals surface area (Å²) < 4.78 is 41.8. The molecule has 0 amide bonds. The molecule has 0 aliphatic rings. The van der Waals surface area contributed by atoms with Crippen molar-refractivity contribution in [3.05, 3.63) is 28.2 Å². The van der Waals surface area contributed by atoms with Crippen molar-refractivity contribution in [1.82, 2.24) is 0 Å². The van der Waals surface area contributed by atoms with E-state index in [1.54, 1.807) is 25.1 Å². The Balaban J connectivity index is 2.72. The minimum absolute atomic E-state index is 0.288. The summed E-state index contributed by atoms with van der Waals surface area (Å²) in [5, 5.41) is 0. The van der Waals surface area contributed by atoms with Crippen LogP contribution in [0.15, 0.2) is 22.7 Å². The number of benzene rings is 1. The van der Waals surface area contributed by atoms with Crippen LogP contribution in [0.4, 0.5) is 13.2 Å². The Hall–Kier alpha value is -0.750.